The van der Waals surface area contributed by atoms with Crippen LogP contribution in [-0.4, -0.2) is 44.0 Å². The number of hydrogen-bond donors (Lipinski definition) is 1. The highest BCUT2D eigenvalue weighted by molar-refractivity contribution is 7.90. The molecule has 0 aliphatic carbocycles. The fraction of sp³-hybridized carbons (Fsp3) is 0.286. The molecule has 0 spiro atoms. The minimum atomic E-state index is -3.03. The van der Waals surface area contributed by atoms with Crippen molar-refractivity contribution in [2.75, 3.05) is 30.5 Å². The number of nitrogens with two attached hydrogens (primary N) is 1. The SMILES string of the molecule is CN(CCS(C)(=O)=O)c1c(C(N)=S)cnc2ccccc12. The van der Waals surface area contributed by atoms with Crippen molar-refractivity contribution in [2.45, 2.75) is 0 Å². The maximum atomic E-state index is 11.4. The first-order chi connectivity index (χ1) is 9.79. The van der Waals surface area contributed by atoms with Gasteiger partial charge in [0.15, 0.2) is 0 Å². The van der Waals surface area contributed by atoms with E-state index in [1.165, 1.54) is 6.26 Å². The van der Waals surface area contributed by atoms with Gasteiger partial charge in [0, 0.05) is 31.4 Å². The molecule has 7 heteroatoms. The Bertz CT molecular complexity index is 788. The molecule has 0 amide bonds. The summed E-state index contributed by atoms with van der Waals surface area (Å²) in [6.07, 6.45) is 2.86. The van der Waals surface area contributed by atoms with Crippen LogP contribution in [0.3, 0.4) is 0 Å². The van der Waals surface area contributed by atoms with Gasteiger partial charge in [-0.3, -0.25) is 4.98 Å². The summed E-state index contributed by atoms with van der Waals surface area (Å²) in [4.78, 5) is 6.45. The third kappa shape index (κ3) is 3.68. The monoisotopic (exact) mass is 323 g/mol. The van der Waals surface area contributed by atoms with Crippen molar-refractivity contribution >= 4 is 43.6 Å². The van der Waals surface area contributed by atoms with Gasteiger partial charge in [0.1, 0.15) is 14.8 Å². The molecule has 2 aromatic rings. The number of thiocarbonyl (C=S) groups is 1. The van der Waals surface area contributed by atoms with Crippen LogP contribution in [0.2, 0.25) is 0 Å². The summed E-state index contributed by atoms with van der Waals surface area (Å²) >= 11 is 5.08. The molecule has 112 valence electrons. The summed E-state index contributed by atoms with van der Waals surface area (Å²) < 4.78 is 22.7. The Hall–Kier alpha value is -1.73. The maximum Gasteiger partial charge on any atom is 0.149 e. The third-order valence-corrected chi connectivity index (χ3v) is 4.34. The molecule has 5 nitrogen and oxygen atoms in total. The fourth-order valence-electron chi connectivity index (χ4n) is 2.13. The first kappa shape index (κ1) is 15.7. The highest BCUT2D eigenvalue weighted by Crippen LogP contribution is 2.28. The molecular weight excluding hydrogens is 306 g/mol. The molecule has 0 aliphatic heterocycles. The van der Waals surface area contributed by atoms with Gasteiger partial charge in [0.05, 0.1) is 22.5 Å². The van der Waals surface area contributed by atoms with Gasteiger partial charge in [-0.05, 0) is 6.07 Å². The van der Waals surface area contributed by atoms with E-state index in [4.69, 9.17) is 18.0 Å². The van der Waals surface area contributed by atoms with Crippen molar-refractivity contribution in [1.82, 2.24) is 4.98 Å². The van der Waals surface area contributed by atoms with Gasteiger partial charge < -0.3 is 10.6 Å². The average molecular weight is 323 g/mol. The van der Waals surface area contributed by atoms with E-state index < -0.39 is 9.84 Å². The number of anilines is 1. The lowest BCUT2D eigenvalue weighted by molar-refractivity contribution is 0.601. The van der Waals surface area contributed by atoms with Gasteiger partial charge in [-0.25, -0.2) is 8.42 Å². The van der Waals surface area contributed by atoms with Crippen LogP contribution in [0.15, 0.2) is 30.5 Å². The van der Waals surface area contributed by atoms with E-state index in [1.54, 1.807) is 6.20 Å². The Morgan fingerprint density at radius 1 is 1.38 bits per heavy atom. The molecule has 2 N–H and O–H groups in total. The predicted octanol–water partition coefficient (Wildman–Crippen LogP) is 1.35. The first-order valence-corrected chi connectivity index (χ1v) is 8.83. The molecule has 0 fully saturated rings. The van der Waals surface area contributed by atoms with E-state index in [2.05, 4.69) is 4.98 Å². The second-order valence-corrected chi connectivity index (χ2v) is 7.65. The Labute approximate surface area is 129 Å². The summed E-state index contributed by atoms with van der Waals surface area (Å²) in [6, 6.07) is 7.63. The minimum Gasteiger partial charge on any atom is -0.389 e. The molecule has 0 aliphatic rings. The van der Waals surface area contributed by atoms with Gasteiger partial charge in [-0.1, -0.05) is 30.4 Å². The van der Waals surface area contributed by atoms with Crippen LogP contribution >= 0.6 is 12.2 Å². The number of nitrogens with zero attached hydrogens (tertiary/aromatic N) is 2. The molecular formula is C14H17N3O2S2. The number of pyridine rings is 1. The number of para-hydroxylation sites is 1. The summed E-state index contributed by atoms with van der Waals surface area (Å²) in [7, 11) is -1.21. The van der Waals surface area contributed by atoms with Crippen LogP contribution in [-0.2, 0) is 9.84 Å². The molecule has 2 rings (SSSR count). The number of aromatic nitrogens is 1. The lowest BCUT2D eigenvalue weighted by Crippen LogP contribution is -2.27. The topological polar surface area (TPSA) is 76.3 Å². The molecule has 0 unspecified atom stereocenters. The number of sulfone groups is 1. The van der Waals surface area contributed by atoms with Gasteiger partial charge in [-0.2, -0.15) is 0 Å². The Kier molecular flexibility index (Phi) is 4.43. The van der Waals surface area contributed by atoms with Gasteiger partial charge in [0.25, 0.3) is 0 Å². The highest BCUT2D eigenvalue weighted by Gasteiger charge is 2.16. The van der Waals surface area contributed by atoms with Crippen LogP contribution < -0.4 is 10.6 Å². The van der Waals surface area contributed by atoms with Crippen molar-refractivity contribution in [3.8, 4) is 0 Å². The minimum absolute atomic E-state index is 0.0664. The molecule has 0 bridgehead atoms. The van der Waals surface area contributed by atoms with Gasteiger partial charge in [-0.15, -0.1) is 0 Å². The standard InChI is InChI=1S/C14H17N3O2S2/c1-17(7-8-21(2,18)19)13-10-5-3-4-6-12(10)16-9-11(13)14(15)20/h3-6,9H,7-8H2,1-2H3,(H2,15,20). The number of fused-ring (bicyclic) bond motifs is 1. The molecule has 0 saturated heterocycles. The zero-order valence-corrected chi connectivity index (χ0v) is 13.5. The summed E-state index contributed by atoms with van der Waals surface area (Å²) in [5, 5.41) is 0.902. The molecule has 21 heavy (non-hydrogen) atoms. The summed E-state index contributed by atoms with van der Waals surface area (Å²) in [5.41, 5.74) is 8.06. The zero-order valence-electron chi connectivity index (χ0n) is 11.9. The van der Waals surface area contributed by atoms with E-state index in [0.29, 0.717) is 12.1 Å². The van der Waals surface area contributed by atoms with Crippen LogP contribution in [0.1, 0.15) is 5.56 Å². The Morgan fingerprint density at radius 2 is 2.05 bits per heavy atom. The molecule has 0 radical (unpaired) electrons. The summed E-state index contributed by atoms with van der Waals surface area (Å²) in [6.45, 7) is 0.364. The molecule has 1 heterocycles. The van der Waals surface area contributed by atoms with Crippen LogP contribution in [0.4, 0.5) is 5.69 Å². The smallest absolute Gasteiger partial charge is 0.149 e. The van der Waals surface area contributed by atoms with Crippen LogP contribution in [0, 0.1) is 0 Å². The fourth-order valence-corrected chi connectivity index (χ4v) is 2.89. The Morgan fingerprint density at radius 3 is 2.67 bits per heavy atom. The van der Waals surface area contributed by atoms with Gasteiger partial charge >= 0.3 is 0 Å². The zero-order chi connectivity index (χ0) is 15.6. The van der Waals surface area contributed by atoms with Crippen LogP contribution in [0.5, 0.6) is 0 Å². The summed E-state index contributed by atoms with van der Waals surface area (Å²) in [5.74, 6) is 0.0664. The maximum absolute atomic E-state index is 11.4. The van der Waals surface area contributed by atoms with Crippen molar-refractivity contribution in [1.29, 1.82) is 0 Å². The van der Waals surface area contributed by atoms with Crippen LogP contribution in [0.25, 0.3) is 10.9 Å². The average Bonchev–Trinajstić information content (AvgIpc) is 2.42. The van der Waals surface area contributed by atoms with Crippen molar-refractivity contribution < 1.29 is 8.42 Å². The van der Waals surface area contributed by atoms with E-state index in [1.807, 2.05) is 36.2 Å². The van der Waals surface area contributed by atoms with E-state index >= 15 is 0 Å². The molecule has 1 aromatic carbocycles. The van der Waals surface area contributed by atoms with Gasteiger partial charge in [0.2, 0.25) is 0 Å². The molecule has 0 saturated carbocycles. The van der Waals surface area contributed by atoms with E-state index in [9.17, 15) is 8.42 Å². The lowest BCUT2D eigenvalue weighted by Gasteiger charge is -2.23. The van der Waals surface area contributed by atoms with Crippen molar-refractivity contribution in [3.05, 3.63) is 36.0 Å². The van der Waals surface area contributed by atoms with E-state index in [0.717, 1.165) is 16.6 Å². The highest BCUT2D eigenvalue weighted by atomic mass is 32.2. The quantitative estimate of drug-likeness (QED) is 0.837. The lowest BCUT2D eigenvalue weighted by atomic mass is 10.1. The second kappa shape index (κ2) is 5.95. The largest absolute Gasteiger partial charge is 0.389 e. The van der Waals surface area contributed by atoms with Crippen molar-refractivity contribution in [3.63, 3.8) is 0 Å². The van der Waals surface area contributed by atoms with Crippen molar-refractivity contribution in [2.24, 2.45) is 5.73 Å². The molecule has 1 aromatic heterocycles. The predicted molar refractivity (Wildman–Crippen MR) is 90.6 cm³/mol. The number of benzene rings is 1. The normalized spacial score (nSPS) is 11.5. The third-order valence-electron chi connectivity index (χ3n) is 3.19. The Balaban J connectivity index is 2.53. The van der Waals surface area contributed by atoms with E-state index in [-0.39, 0.29) is 10.7 Å². The number of rotatable bonds is 5. The molecule has 0 atom stereocenters. The number of hydrogen-bond acceptors (Lipinski definition) is 5. The second-order valence-electron chi connectivity index (χ2n) is 4.95. The first-order valence-electron chi connectivity index (χ1n) is 6.36.